The van der Waals surface area contributed by atoms with Gasteiger partial charge in [0.1, 0.15) is 6.17 Å². The quantitative estimate of drug-likeness (QED) is 0.911. The Morgan fingerprint density at radius 1 is 1.33 bits per heavy atom. The highest BCUT2D eigenvalue weighted by atomic mass is 32.1. The zero-order chi connectivity index (χ0) is 15.8. The molecule has 21 heavy (non-hydrogen) atoms. The highest BCUT2D eigenvalue weighted by Crippen LogP contribution is 2.36. The Morgan fingerprint density at radius 3 is 2.48 bits per heavy atom. The molecular weight excluding hydrogens is 280 g/mol. The van der Waals surface area contributed by atoms with Crippen LogP contribution in [0.5, 0.6) is 0 Å². The van der Waals surface area contributed by atoms with Crippen LogP contribution in [0.4, 0.5) is 0 Å². The number of rotatable bonds is 4. The molecular formula is C17H28N2OS. The van der Waals surface area contributed by atoms with Crippen molar-refractivity contribution in [3.05, 3.63) is 22.4 Å². The van der Waals surface area contributed by atoms with Crippen LogP contribution in [-0.2, 0) is 4.79 Å². The average molecular weight is 308 g/mol. The topological polar surface area (TPSA) is 32.3 Å². The fourth-order valence-corrected chi connectivity index (χ4v) is 3.57. The standard InChI is InChI=1S/C17H28N2OS/c1-11(2)10-13-16(20)19(12(3)17(4,5)6)15(18-13)14-8-7-9-21-14/h7-9,11-13,15,18H,10H2,1-6H3. The molecule has 2 rings (SSSR count). The van der Waals surface area contributed by atoms with E-state index in [1.165, 1.54) is 4.88 Å². The molecule has 118 valence electrons. The molecule has 2 heterocycles. The molecule has 3 nitrogen and oxygen atoms in total. The van der Waals surface area contributed by atoms with Crippen molar-refractivity contribution in [3.8, 4) is 0 Å². The maximum Gasteiger partial charge on any atom is 0.241 e. The van der Waals surface area contributed by atoms with E-state index >= 15 is 0 Å². The minimum atomic E-state index is -0.0538. The third-order valence-electron chi connectivity index (χ3n) is 4.38. The van der Waals surface area contributed by atoms with Gasteiger partial charge in [-0.15, -0.1) is 11.3 Å². The molecule has 0 spiro atoms. The number of nitrogens with one attached hydrogen (secondary N) is 1. The molecule has 0 aliphatic carbocycles. The van der Waals surface area contributed by atoms with Crippen LogP contribution >= 0.6 is 11.3 Å². The summed E-state index contributed by atoms with van der Waals surface area (Å²) in [7, 11) is 0. The predicted molar refractivity (Wildman–Crippen MR) is 89.2 cm³/mol. The van der Waals surface area contributed by atoms with Gasteiger partial charge in [-0.05, 0) is 36.1 Å². The Kier molecular flexibility index (Phi) is 4.79. The van der Waals surface area contributed by atoms with Crippen LogP contribution in [0, 0.1) is 11.3 Å². The van der Waals surface area contributed by atoms with Crippen molar-refractivity contribution >= 4 is 17.2 Å². The fraction of sp³-hybridized carbons (Fsp3) is 0.706. The van der Waals surface area contributed by atoms with E-state index in [1.807, 2.05) is 0 Å². The molecule has 0 bridgehead atoms. The van der Waals surface area contributed by atoms with Crippen molar-refractivity contribution < 1.29 is 4.79 Å². The minimum Gasteiger partial charge on any atom is -0.317 e. The second kappa shape index (κ2) is 6.09. The van der Waals surface area contributed by atoms with Crippen molar-refractivity contribution in [2.45, 2.75) is 66.2 Å². The number of carbonyl (C=O) groups is 1. The van der Waals surface area contributed by atoms with E-state index in [0.29, 0.717) is 5.92 Å². The zero-order valence-electron chi connectivity index (χ0n) is 14.0. The first-order chi connectivity index (χ1) is 9.71. The lowest BCUT2D eigenvalue weighted by Crippen LogP contribution is -2.45. The smallest absolute Gasteiger partial charge is 0.241 e. The van der Waals surface area contributed by atoms with Crippen LogP contribution in [0.1, 0.15) is 59.0 Å². The lowest BCUT2D eigenvalue weighted by Gasteiger charge is -2.38. The first-order valence-corrected chi connectivity index (χ1v) is 8.71. The van der Waals surface area contributed by atoms with Gasteiger partial charge in [-0.3, -0.25) is 10.1 Å². The van der Waals surface area contributed by atoms with Crippen LogP contribution in [-0.4, -0.2) is 22.9 Å². The monoisotopic (exact) mass is 308 g/mol. The van der Waals surface area contributed by atoms with E-state index < -0.39 is 0 Å². The Labute approximate surface area is 132 Å². The SMILES string of the molecule is CC(C)CC1NC(c2cccs2)N(C(C)C(C)(C)C)C1=O. The third kappa shape index (κ3) is 3.49. The number of hydrogen-bond acceptors (Lipinski definition) is 3. The number of amides is 1. The van der Waals surface area contributed by atoms with Gasteiger partial charge in [0.2, 0.25) is 5.91 Å². The van der Waals surface area contributed by atoms with Gasteiger partial charge in [0.15, 0.2) is 0 Å². The van der Waals surface area contributed by atoms with E-state index in [4.69, 9.17) is 0 Å². The van der Waals surface area contributed by atoms with Crippen LogP contribution in [0.2, 0.25) is 0 Å². The Hall–Kier alpha value is -0.870. The van der Waals surface area contributed by atoms with E-state index in [9.17, 15) is 4.79 Å². The summed E-state index contributed by atoms with van der Waals surface area (Å²) in [4.78, 5) is 16.2. The molecule has 4 heteroatoms. The number of nitrogens with zero attached hydrogens (tertiary/aromatic N) is 1. The van der Waals surface area contributed by atoms with Gasteiger partial charge in [-0.25, -0.2) is 0 Å². The van der Waals surface area contributed by atoms with Crippen molar-refractivity contribution in [1.29, 1.82) is 0 Å². The van der Waals surface area contributed by atoms with Crippen molar-refractivity contribution in [3.63, 3.8) is 0 Å². The molecule has 1 aliphatic rings. The van der Waals surface area contributed by atoms with Crippen LogP contribution in [0.25, 0.3) is 0 Å². The van der Waals surface area contributed by atoms with Gasteiger partial charge in [0.05, 0.1) is 6.04 Å². The second-order valence-electron chi connectivity index (χ2n) is 7.55. The van der Waals surface area contributed by atoms with Gasteiger partial charge in [-0.2, -0.15) is 0 Å². The van der Waals surface area contributed by atoms with Crippen LogP contribution < -0.4 is 5.32 Å². The molecule has 0 saturated carbocycles. The fourth-order valence-electron chi connectivity index (χ4n) is 2.79. The maximum atomic E-state index is 12.9. The number of hydrogen-bond donors (Lipinski definition) is 1. The summed E-state index contributed by atoms with van der Waals surface area (Å²) in [6, 6.07) is 4.32. The molecule has 1 amide bonds. The summed E-state index contributed by atoms with van der Waals surface area (Å²) >= 11 is 1.72. The van der Waals surface area contributed by atoms with E-state index in [-0.39, 0.29) is 29.6 Å². The molecule has 1 aliphatic heterocycles. The second-order valence-corrected chi connectivity index (χ2v) is 8.53. The molecule has 1 aromatic heterocycles. The van der Waals surface area contributed by atoms with Gasteiger partial charge < -0.3 is 4.90 Å². The van der Waals surface area contributed by atoms with E-state index in [2.05, 4.69) is 69.3 Å². The number of carbonyl (C=O) groups excluding carboxylic acids is 1. The molecule has 1 aromatic rings. The first kappa shape index (κ1) is 16.5. The van der Waals surface area contributed by atoms with Gasteiger partial charge in [0, 0.05) is 10.9 Å². The third-order valence-corrected chi connectivity index (χ3v) is 5.30. The minimum absolute atomic E-state index is 0.0236. The van der Waals surface area contributed by atoms with Crippen molar-refractivity contribution in [1.82, 2.24) is 10.2 Å². The summed E-state index contributed by atoms with van der Waals surface area (Å²) in [5.41, 5.74) is 0.0690. The van der Waals surface area contributed by atoms with Crippen molar-refractivity contribution in [2.24, 2.45) is 11.3 Å². The summed E-state index contributed by atoms with van der Waals surface area (Å²) in [5.74, 6) is 0.768. The molecule has 0 radical (unpaired) electrons. The lowest BCUT2D eigenvalue weighted by molar-refractivity contribution is -0.134. The lowest BCUT2D eigenvalue weighted by atomic mass is 9.86. The molecule has 3 atom stereocenters. The number of thiophene rings is 1. The molecule has 1 fully saturated rings. The normalized spacial score (nSPS) is 24.9. The summed E-state index contributed by atoms with van der Waals surface area (Å²) in [6.45, 7) is 13.1. The largest absolute Gasteiger partial charge is 0.317 e. The van der Waals surface area contributed by atoms with E-state index in [1.54, 1.807) is 11.3 Å². The summed E-state index contributed by atoms with van der Waals surface area (Å²) < 4.78 is 0. The Balaban J connectivity index is 2.30. The Morgan fingerprint density at radius 2 is 2.00 bits per heavy atom. The average Bonchev–Trinajstić information content (AvgIpc) is 2.96. The van der Waals surface area contributed by atoms with Crippen molar-refractivity contribution in [2.75, 3.05) is 0 Å². The zero-order valence-corrected chi connectivity index (χ0v) is 14.8. The Bertz CT molecular complexity index is 475. The predicted octanol–water partition coefficient (Wildman–Crippen LogP) is 4.03. The molecule has 1 N–H and O–H groups in total. The summed E-state index contributed by atoms with van der Waals surface area (Å²) in [6.07, 6.45) is 0.920. The van der Waals surface area contributed by atoms with Gasteiger partial charge in [0.25, 0.3) is 0 Å². The maximum absolute atomic E-state index is 12.9. The molecule has 3 unspecified atom stereocenters. The van der Waals surface area contributed by atoms with E-state index in [0.717, 1.165) is 6.42 Å². The van der Waals surface area contributed by atoms with Gasteiger partial charge >= 0.3 is 0 Å². The first-order valence-electron chi connectivity index (χ1n) is 7.83. The summed E-state index contributed by atoms with van der Waals surface area (Å²) in [5, 5.41) is 5.64. The van der Waals surface area contributed by atoms with Crippen LogP contribution in [0.15, 0.2) is 17.5 Å². The highest BCUT2D eigenvalue weighted by Gasteiger charge is 2.45. The molecule has 1 saturated heterocycles. The molecule has 0 aromatic carbocycles. The highest BCUT2D eigenvalue weighted by molar-refractivity contribution is 7.10. The van der Waals surface area contributed by atoms with Gasteiger partial charge in [-0.1, -0.05) is 40.7 Å². The van der Waals surface area contributed by atoms with Crippen LogP contribution in [0.3, 0.4) is 0 Å².